The van der Waals surface area contributed by atoms with Gasteiger partial charge in [0, 0.05) is 25.0 Å². The van der Waals surface area contributed by atoms with Crippen LogP contribution in [0.25, 0.3) is 0 Å². The van der Waals surface area contributed by atoms with Crippen molar-refractivity contribution < 1.29 is 0 Å². The van der Waals surface area contributed by atoms with Gasteiger partial charge in [0.05, 0.1) is 0 Å². The maximum atomic E-state index is 5.47. The van der Waals surface area contributed by atoms with Crippen molar-refractivity contribution in [3.63, 3.8) is 0 Å². The summed E-state index contributed by atoms with van der Waals surface area (Å²) in [5.74, 6) is 0. The average molecular weight is 226 g/mol. The molecule has 0 amide bonds. The number of hydrogen-bond donors (Lipinski definition) is 1. The van der Waals surface area contributed by atoms with Crippen molar-refractivity contribution >= 4 is 0 Å². The van der Waals surface area contributed by atoms with Gasteiger partial charge in [-0.05, 0) is 31.6 Å². The molecule has 0 saturated carbocycles. The molecular formula is C14H30N2. The molecule has 0 aliphatic heterocycles. The predicted octanol–water partition coefficient (Wildman–Crippen LogP) is 3.73. The minimum Gasteiger partial charge on any atom is -0.403 e. The molecule has 0 radical (unpaired) electrons. The molecule has 0 heterocycles. The smallest absolute Gasteiger partial charge is 0.0254 e. The lowest BCUT2D eigenvalue weighted by Gasteiger charge is -2.27. The molecule has 0 fully saturated rings. The summed E-state index contributed by atoms with van der Waals surface area (Å²) in [7, 11) is 0. The minimum absolute atomic E-state index is 0.463. The van der Waals surface area contributed by atoms with E-state index in [-0.39, 0.29) is 0 Å². The third-order valence-electron chi connectivity index (χ3n) is 3.03. The van der Waals surface area contributed by atoms with Gasteiger partial charge in [-0.1, -0.05) is 34.1 Å². The quantitative estimate of drug-likeness (QED) is 0.670. The molecule has 1 unspecified atom stereocenters. The van der Waals surface area contributed by atoms with Crippen LogP contribution in [0.4, 0.5) is 0 Å². The summed E-state index contributed by atoms with van der Waals surface area (Å²) in [6.07, 6.45) is 8.69. The summed E-state index contributed by atoms with van der Waals surface area (Å²) in [5.41, 5.74) is 5.94. The SMILES string of the molecule is CCC(C)N(/C=C\N)CCCCC(C)(C)C. The number of rotatable bonds is 7. The van der Waals surface area contributed by atoms with Gasteiger partial charge in [-0.15, -0.1) is 0 Å². The van der Waals surface area contributed by atoms with E-state index in [1.54, 1.807) is 6.20 Å². The first-order chi connectivity index (χ1) is 7.40. The zero-order valence-electron chi connectivity index (χ0n) is 11.8. The van der Waals surface area contributed by atoms with Crippen molar-refractivity contribution in [1.29, 1.82) is 0 Å². The Hall–Kier alpha value is -0.660. The minimum atomic E-state index is 0.463. The summed E-state index contributed by atoms with van der Waals surface area (Å²) in [4.78, 5) is 2.35. The molecule has 0 aromatic rings. The molecule has 0 spiro atoms. The number of nitrogens with two attached hydrogens (primary N) is 1. The molecule has 0 aromatic heterocycles. The molecule has 0 aromatic carbocycles. The van der Waals surface area contributed by atoms with Gasteiger partial charge < -0.3 is 10.6 Å². The van der Waals surface area contributed by atoms with Crippen LogP contribution in [0.2, 0.25) is 0 Å². The second kappa shape index (κ2) is 7.59. The molecule has 0 rings (SSSR count). The second-order valence-electron chi connectivity index (χ2n) is 5.85. The highest BCUT2D eigenvalue weighted by atomic mass is 15.1. The van der Waals surface area contributed by atoms with Gasteiger partial charge in [0.2, 0.25) is 0 Å². The van der Waals surface area contributed by atoms with Crippen molar-refractivity contribution in [3.05, 3.63) is 12.4 Å². The van der Waals surface area contributed by atoms with Crippen LogP contribution in [-0.2, 0) is 0 Å². The van der Waals surface area contributed by atoms with Gasteiger partial charge in [-0.25, -0.2) is 0 Å². The zero-order chi connectivity index (χ0) is 12.6. The molecule has 0 aliphatic rings. The van der Waals surface area contributed by atoms with Crippen LogP contribution >= 0.6 is 0 Å². The van der Waals surface area contributed by atoms with Crippen molar-refractivity contribution in [1.82, 2.24) is 4.90 Å². The summed E-state index contributed by atoms with van der Waals surface area (Å²) >= 11 is 0. The molecular weight excluding hydrogens is 196 g/mol. The number of hydrogen-bond acceptors (Lipinski definition) is 2. The third-order valence-corrected chi connectivity index (χ3v) is 3.03. The summed E-state index contributed by atoms with van der Waals surface area (Å²) in [6, 6.07) is 0.592. The van der Waals surface area contributed by atoms with Crippen LogP contribution in [0, 0.1) is 5.41 Å². The van der Waals surface area contributed by atoms with E-state index in [9.17, 15) is 0 Å². The molecule has 1 atom stereocenters. The lowest BCUT2D eigenvalue weighted by molar-refractivity contribution is 0.269. The number of nitrogens with zero attached hydrogens (tertiary/aromatic N) is 1. The maximum Gasteiger partial charge on any atom is 0.0254 e. The molecule has 2 heteroatoms. The summed E-state index contributed by atoms with van der Waals surface area (Å²) < 4.78 is 0. The van der Waals surface area contributed by atoms with E-state index in [0.29, 0.717) is 11.5 Å². The van der Waals surface area contributed by atoms with Crippen LogP contribution < -0.4 is 5.73 Å². The van der Waals surface area contributed by atoms with E-state index in [1.807, 2.05) is 6.20 Å². The second-order valence-corrected chi connectivity index (χ2v) is 5.85. The van der Waals surface area contributed by atoms with Gasteiger partial charge in [0.25, 0.3) is 0 Å². The Bertz CT molecular complexity index is 191. The Morgan fingerprint density at radius 3 is 2.31 bits per heavy atom. The van der Waals surface area contributed by atoms with Crippen LogP contribution in [0.15, 0.2) is 12.4 Å². The van der Waals surface area contributed by atoms with Gasteiger partial charge in [-0.2, -0.15) is 0 Å². The Labute approximate surface area is 102 Å². The molecule has 96 valence electrons. The standard InChI is InChI=1S/C14H30N2/c1-6-13(2)16(12-10-15)11-8-7-9-14(3,4)5/h10,12-13H,6-9,11,15H2,1-5H3/b12-10-. The summed E-state index contributed by atoms with van der Waals surface area (Å²) in [5, 5.41) is 0. The largest absolute Gasteiger partial charge is 0.403 e. The molecule has 0 aliphatic carbocycles. The van der Waals surface area contributed by atoms with Crippen LogP contribution in [0.5, 0.6) is 0 Å². The Morgan fingerprint density at radius 1 is 1.25 bits per heavy atom. The van der Waals surface area contributed by atoms with Gasteiger partial charge in [0.1, 0.15) is 0 Å². The van der Waals surface area contributed by atoms with E-state index < -0.39 is 0 Å². The van der Waals surface area contributed by atoms with Gasteiger partial charge in [0.15, 0.2) is 0 Å². The van der Waals surface area contributed by atoms with Crippen LogP contribution in [0.1, 0.15) is 60.3 Å². The third kappa shape index (κ3) is 7.61. The normalized spacial score (nSPS) is 14.3. The Balaban J connectivity index is 3.86. The monoisotopic (exact) mass is 226 g/mol. The highest BCUT2D eigenvalue weighted by Gasteiger charge is 2.11. The molecule has 2 N–H and O–H groups in total. The maximum absolute atomic E-state index is 5.47. The zero-order valence-corrected chi connectivity index (χ0v) is 11.8. The van der Waals surface area contributed by atoms with E-state index in [4.69, 9.17) is 5.73 Å². The predicted molar refractivity (Wildman–Crippen MR) is 73.1 cm³/mol. The molecule has 0 saturated heterocycles. The van der Waals surface area contributed by atoms with Crippen molar-refractivity contribution in [2.75, 3.05) is 6.54 Å². The highest BCUT2D eigenvalue weighted by molar-refractivity contribution is 4.81. The van der Waals surface area contributed by atoms with Crippen molar-refractivity contribution in [2.24, 2.45) is 11.1 Å². The molecule has 2 nitrogen and oxygen atoms in total. The first-order valence-corrected chi connectivity index (χ1v) is 6.55. The topological polar surface area (TPSA) is 29.3 Å². The van der Waals surface area contributed by atoms with Crippen molar-refractivity contribution in [3.8, 4) is 0 Å². The number of unbranched alkanes of at least 4 members (excludes halogenated alkanes) is 1. The molecule has 16 heavy (non-hydrogen) atoms. The Morgan fingerprint density at radius 2 is 1.88 bits per heavy atom. The first kappa shape index (κ1) is 15.3. The van der Waals surface area contributed by atoms with E-state index >= 15 is 0 Å². The lowest BCUT2D eigenvalue weighted by Crippen LogP contribution is -2.28. The summed E-state index contributed by atoms with van der Waals surface area (Å²) in [6.45, 7) is 12.5. The van der Waals surface area contributed by atoms with Crippen LogP contribution in [-0.4, -0.2) is 17.5 Å². The fraction of sp³-hybridized carbons (Fsp3) is 0.857. The Kier molecular flexibility index (Phi) is 7.27. The van der Waals surface area contributed by atoms with Gasteiger partial charge >= 0.3 is 0 Å². The highest BCUT2D eigenvalue weighted by Crippen LogP contribution is 2.21. The van der Waals surface area contributed by atoms with Crippen LogP contribution in [0.3, 0.4) is 0 Å². The average Bonchev–Trinajstić information content (AvgIpc) is 2.20. The fourth-order valence-corrected chi connectivity index (χ4v) is 1.74. The molecule has 0 bridgehead atoms. The van der Waals surface area contributed by atoms with E-state index in [0.717, 1.165) is 6.54 Å². The lowest BCUT2D eigenvalue weighted by atomic mass is 9.90. The fourth-order valence-electron chi connectivity index (χ4n) is 1.74. The van der Waals surface area contributed by atoms with E-state index in [2.05, 4.69) is 39.5 Å². The van der Waals surface area contributed by atoms with E-state index in [1.165, 1.54) is 25.7 Å². The first-order valence-electron chi connectivity index (χ1n) is 6.55. The van der Waals surface area contributed by atoms with Gasteiger partial charge in [-0.3, -0.25) is 0 Å². The van der Waals surface area contributed by atoms with Crippen molar-refractivity contribution in [2.45, 2.75) is 66.3 Å².